The number of aromatic nitrogens is 1. The Balaban J connectivity index is 2.65. The maximum atomic E-state index is 11.2. The molecule has 0 aliphatic heterocycles. The molecule has 20 heavy (non-hydrogen) atoms. The molecule has 112 valence electrons. The first-order chi connectivity index (χ1) is 9.69. The third kappa shape index (κ3) is 5.59. The number of aryl methyl sites for hydroxylation is 1. The van der Waals surface area contributed by atoms with E-state index in [1.807, 2.05) is 0 Å². The Morgan fingerprint density at radius 3 is 2.55 bits per heavy atom. The Labute approximate surface area is 121 Å². The van der Waals surface area contributed by atoms with Crippen molar-refractivity contribution in [1.29, 1.82) is 0 Å². The Hall–Kier alpha value is -1.58. The van der Waals surface area contributed by atoms with Crippen LogP contribution in [0.5, 0.6) is 5.88 Å². The van der Waals surface area contributed by atoms with Crippen LogP contribution >= 0.6 is 0 Å². The van der Waals surface area contributed by atoms with Gasteiger partial charge in [-0.05, 0) is 31.4 Å². The Bertz CT molecular complexity index is 418. The van der Waals surface area contributed by atoms with E-state index < -0.39 is 5.97 Å². The molecule has 0 aliphatic carbocycles. The van der Waals surface area contributed by atoms with Gasteiger partial charge in [0.15, 0.2) is 0 Å². The summed E-state index contributed by atoms with van der Waals surface area (Å²) in [5.41, 5.74) is 1.06. The van der Waals surface area contributed by atoms with Gasteiger partial charge in [0, 0.05) is 5.69 Å². The molecule has 0 atom stereocenters. The summed E-state index contributed by atoms with van der Waals surface area (Å²) in [5, 5.41) is 9.15. The zero-order valence-corrected chi connectivity index (χ0v) is 12.5. The van der Waals surface area contributed by atoms with Crippen LogP contribution < -0.4 is 4.74 Å². The van der Waals surface area contributed by atoms with Crippen LogP contribution in [0.1, 0.15) is 68.4 Å². The van der Waals surface area contributed by atoms with Crippen LogP contribution in [0.3, 0.4) is 0 Å². The molecule has 4 nitrogen and oxygen atoms in total. The number of hydrogen-bond donors (Lipinski definition) is 1. The fourth-order valence-electron chi connectivity index (χ4n) is 1.95. The van der Waals surface area contributed by atoms with Crippen molar-refractivity contribution in [2.24, 2.45) is 0 Å². The summed E-state index contributed by atoms with van der Waals surface area (Å²) in [7, 11) is 0. The monoisotopic (exact) mass is 279 g/mol. The van der Waals surface area contributed by atoms with Crippen molar-refractivity contribution in [2.75, 3.05) is 6.61 Å². The topological polar surface area (TPSA) is 59.4 Å². The zero-order chi connectivity index (χ0) is 14.8. The second-order valence-corrected chi connectivity index (χ2v) is 4.97. The van der Waals surface area contributed by atoms with Crippen molar-refractivity contribution in [3.63, 3.8) is 0 Å². The van der Waals surface area contributed by atoms with Gasteiger partial charge in [0.1, 0.15) is 5.56 Å². The van der Waals surface area contributed by atoms with E-state index in [9.17, 15) is 4.79 Å². The standard InChI is InChI=1S/C16H25NO3/c1-3-5-7-8-12-20-15-14(16(18)19)11-10-13(17-15)9-6-4-2/h10-11H,3-9,12H2,1-2H3,(H,18,19). The molecular formula is C16H25NO3. The van der Waals surface area contributed by atoms with E-state index in [0.717, 1.165) is 37.8 Å². The summed E-state index contributed by atoms with van der Waals surface area (Å²) in [6, 6.07) is 3.38. The van der Waals surface area contributed by atoms with Gasteiger partial charge >= 0.3 is 5.97 Å². The van der Waals surface area contributed by atoms with Gasteiger partial charge in [-0.15, -0.1) is 0 Å². The molecule has 0 unspecified atom stereocenters. The zero-order valence-electron chi connectivity index (χ0n) is 12.5. The molecule has 0 aliphatic rings. The van der Waals surface area contributed by atoms with Crippen LogP contribution in [0.2, 0.25) is 0 Å². The Kier molecular flexibility index (Phi) is 7.70. The van der Waals surface area contributed by atoms with Gasteiger partial charge < -0.3 is 9.84 Å². The number of carbonyl (C=O) groups is 1. The van der Waals surface area contributed by atoms with Crippen molar-refractivity contribution in [1.82, 2.24) is 4.98 Å². The molecule has 1 rings (SSSR count). The molecule has 0 saturated heterocycles. The maximum Gasteiger partial charge on any atom is 0.341 e. The quantitative estimate of drug-likeness (QED) is 0.655. The Morgan fingerprint density at radius 2 is 1.90 bits per heavy atom. The molecule has 0 bridgehead atoms. The fraction of sp³-hybridized carbons (Fsp3) is 0.625. The van der Waals surface area contributed by atoms with Gasteiger partial charge in [-0.1, -0.05) is 39.5 Å². The summed E-state index contributed by atoms with van der Waals surface area (Å²) >= 11 is 0. The van der Waals surface area contributed by atoms with Gasteiger partial charge in [0.25, 0.3) is 0 Å². The van der Waals surface area contributed by atoms with Crippen molar-refractivity contribution < 1.29 is 14.6 Å². The third-order valence-corrected chi connectivity index (χ3v) is 3.17. The van der Waals surface area contributed by atoms with E-state index in [2.05, 4.69) is 18.8 Å². The predicted molar refractivity (Wildman–Crippen MR) is 79.4 cm³/mol. The molecule has 1 aromatic heterocycles. The lowest BCUT2D eigenvalue weighted by molar-refractivity contribution is 0.0691. The highest BCUT2D eigenvalue weighted by atomic mass is 16.5. The lowest BCUT2D eigenvalue weighted by Crippen LogP contribution is -2.08. The van der Waals surface area contributed by atoms with E-state index in [0.29, 0.717) is 6.61 Å². The number of hydrogen-bond acceptors (Lipinski definition) is 3. The van der Waals surface area contributed by atoms with Crippen molar-refractivity contribution in [3.8, 4) is 5.88 Å². The lowest BCUT2D eigenvalue weighted by atomic mass is 10.1. The van der Waals surface area contributed by atoms with Crippen molar-refractivity contribution >= 4 is 5.97 Å². The van der Waals surface area contributed by atoms with Crippen LogP contribution in [-0.4, -0.2) is 22.7 Å². The lowest BCUT2D eigenvalue weighted by Gasteiger charge is -2.10. The smallest absolute Gasteiger partial charge is 0.341 e. The molecule has 1 aromatic rings. The molecule has 0 spiro atoms. The van der Waals surface area contributed by atoms with Crippen molar-refractivity contribution in [2.45, 2.75) is 58.8 Å². The first-order valence-electron chi connectivity index (χ1n) is 7.55. The molecular weight excluding hydrogens is 254 g/mol. The molecule has 1 N–H and O–H groups in total. The molecule has 0 saturated carbocycles. The number of carboxylic acids is 1. The average Bonchev–Trinajstić information content (AvgIpc) is 2.44. The number of carboxylic acid groups (broad SMARTS) is 1. The molecule has 0 aromatic carbocycles. The van der Waals surface area contributed by atoms with Crippen LogP contribution in [0.4, 0.5) is 0 Å². The second-order valence-electron chi connectivity index (χ2n) is 4.97. The van der Waals surface area contributed by atoms with Gasteiger partial charge in [0.05, 0.1) is 6.61 Å². The molecule has 0 amide bonds. The minimum Gasteiger partial charge on any atom is -0.477 e. The number of pyridine rings is 1. The SMILES string of the molecule is CCCCCCOc1nc(CCCC)ccc1C(=O)O. The van der Waals surface area contributed by atoms with Gasteiger partial charge in [0.2, 0.25) is 5.88 Å². The van der Waals surface area contributed by atoms with Crippen LogP contribution in [0.15, 0.2) is 12.1 Å². The summed E-state index contributed by atoms with van der Waals surface area (Å²) in [6.07, 6.45) is 7.40. The minimum atomic E-state index is -0.983. The highest BCUT2D eigenvalue weighted by Crippen LogP contribution is 2.18. The molecule has 0 fully saturated rings. The number of rotatable bonds is 10. The van der Waals surface area contributed by atoms with E-state index in [1.54, 1.807) is 12.1 Å². The maximum absolute atomic E-state index is 11.2. The number of nitrogens with zero attached hydrogens (tertiary/aromatic N) is 1. The first-order valence-corrected chi connectivity index (χ1v) is 7.55. The largest absolute Gasteiger partial charge is 0.477 e. The van der Waals surface area contributed by atoms with Crippen LogP contribution in [0.25, 0.3) is 0 Å². The predicted octanol–water partition coefficient (Wildman–Crippen LogP) is 4.08. The van der Waals surface area contributed by atoms with Crippen LogP contribution in [0, 0.1) is 0 Å². The van der Waals surface area contributed by atoms with E-state index in [1.165, 1.54) is 12.8 Å². The normalized spacial score (nSPS) is 10.5. The Morgan fingerprint density at radius 1 is 1.15 bits per heavy atom. The number of aromatic carboxylic acids is 1. The van der Waals surface area contributed by atoms with Crippen molar-refractivity contribution in [3.05, 3.63) is 23.4 Å². The summed E-state index contributed by atoms with van der Waals surface area (Å²) in [6.45, 7) is 4.81. The van der Waals surface area contributed by atoms with E-state index in [-0.39, 0.29) is 11.4 Å². The molecule has 4 heteroatoms. The molecule has 1 heterocycles. The highest BCUT2D eigenvalue weighted by molar-refractivity contribution is 5.90. The van der Waals surface area contributed by atoms with Gasteiger partial charge in [-0.3, -0.25) is 0 Å². The number of unbranched alkanes of at least 4 members (excludes halogenated alkanes) is 4. The summed E-state index contributed by atoms with van der Waals surface area (Å²) in [5.74, 6) is -0.717. The number of ether oxygens (including phenoxy) is 1. The third-order valence-electron chi connectivity index (χ3n) is 3.17. The van der Waals surface area contributed by atoms with E-state index >= 15 is 0 Å². The highest BCUT2D eigenvalue weighted by Gasteiger charge is 2.13. The average molecular weight is 279 g/mol. The van der Waals surface area contributed by atoms with Crippen LogP contribution in [-0.2, 0) is 6.42 Å². The van der Waals surface area contributed by atoms with E-state index in [4.69, 9.17) is 9.84 Å². The summed E-state index contributed by atoms with van der Waals surface area (Å²) < 4.78 is 5.57. The second kappa shape index (κ2) is 9.34. The summed E-state index contributed by atoms with van der Waals surface area (Å²) in [4.78, 5) is 15.5. The van der Waals surface area contributed by atoms with Gasteiger partial charge in [-0.25, -0.2) is 9.78 Å². The fourth-order valence-corrected chi connectivity index (χ4v) is 1.95. The molecule has 0 radical (unpaired) electrons. The van der Waals surface area contributed by atoms with Gasteiger partial charge in [-0.2, -0.15) is 0 Å². The first kappa shape index (κ1) is 16.5. The minimum absolute atomic E-state index is 0.153.